The molecule has 17 heavy (non-hydrogen) atoms. The van der Waals surface area contributed by atoms with Crippen LogP contribution in [-0.4, -0.2) is 29.3 Å². The molecule has 0 aromatic heterocycles. The number of nitrogens with two attached hydrogens (primary N) is 2. The summed E-state index contributed by atoms with van der Waals surface area (Å²) in [6.07, 6.45) is 0.726. The van der Waals surface area contributed by atoms with Crippen LogP contribution in [-0.2, 0) is 4.79 Å². The number of aliphatic carboxylic acids is 1. The van der Waals surface area contributed by atoms with E-state index >= 15 is 0 Å². The fourth-order valence-electron chi connectivity index (χ4n) is 1.07. The van der Waals surface area contributed by atoms with Gasteiger partial charge in [0, 0.05) is 0 Å². The summed E-state index contributed by atoms with van der Waals surface area (Å²) in [5, 5.41) is 17.4. The van der Waals surface area contributed by atoms with Crippen LogP contribution in [0.25, 0.3) is 0 Å². The van der Waals surface area contributed by atoms with E-state index < -0.39 is 12.1 Å². The summed E-state index contributed by atoms with van der Waals surface area (Å²) < 4.78 is 0. The zero-order valence-corrected chi connectivity index (χ0v) is 9.75. The van der Waals surface area contributed by atoms with Crippen LogP contribution in [0.3, 0.4) is 0 Å². The van der Waals surface area contributed by atoms with E-state index in [0.29, 0.717) is 5.56 Å². The third-order valence-corrected chi connectivity index (χ3v) is 2.01. The van der Waals surface area contributed by atoms with E-state index in [2.05, 4.69) is 0 Å². The maximum Gasteiger partial charge on any atom is 0.337 e. The van der Waals surface area contributed by atoms with Crippen molar-refractivity contribution in [1.29, 1.82) is 0 Å². The number of aliphatic hydroxyl groups is 1. The highest BCUT2D eigenvalue weighted by molar-refractivity contribution is 5.73. The Kier molecular flexibility index (Phi) is 8.95. The number of hydrogen-bond donors (Lipinski definition) is 4. The molecule has 96 valence electrons. The Labute approximate surface area is 101 Å². The van der Waals surface area contributed by atoms with Gasteiger partial charge in [0.15, 0.2) is 6.10 Å². The Bertz CT molecular complexity index is 300. The van der Waals surface area contributed by atoms with Crippen LogP contribution in [0.15, 0.2) is 30.3 Å². The summed E-state index contributed by atoms with van der Waals surface area (Å²) >= 11 is 0. The summed E-state index contributed by atoms with van der Waals surface area (Å²) in [6, 6.07) is 8.26. The Balaban J connectivity index is 0.000000366. The quantitative estimate of drug-likeness (QED) is 0.560. The second kappa shape index (κ2) is 9.77. The molecule has 5 nitrogen and oxygen atoms in total. The van der Waals surface area contributed by atoms with Crippen LogP contribution < -0.4 is 11.5 Å². The van der Waals surface area contributed by atoms with Gasteiger partial charge in [0.1, 0.15) is 0 Å². The van der Waals surface area contributed by atoms with E-state index in [1.54, 1.807) is 30.3 Å². The van der Waals surface area contributed by atoms with Crippen molar-refractivity contribution in [1.82, 2.24) is 0 Å². The number of benzene rings is 1. The lowest BCUT2D eigenvalue weighted by atomic mass is 10.1. The van der Waals surface area contributed by atoms with Gasteiger partial charge in [-0.1, -0.05) is 30.3 Å². The number of carbonyl (C=O) groups is 1. The van der Waals surface area contributed by atoms with Crippen molar-refractivity contribution in [2.45, 2.75) is 18.9 Å². The second-order valence-corrected chi connectivity index (χ2v) is 3.44. The lowest BCUT2D eigenvalue weighted by Crippen LogP contribution is -2.09. The second-order valence-electron chi connectivity index (χ2n) is 3.44. The fraction of sp³-hybridized carbons (Fsp3) is 0.417. The zero-order chi connectivity index (χ0) is 13.1. The minimum absolute atomic E-state index is 0.403. The summed E-state index contributed by atoms with van der Waals surface area (Å²) in [5.41, 5.74) is 10.7. The minimum atomic E-state index is -1.41. The molecule has 0 heterocycles. The third kappa shape index (κ3) is 7.46. The van der Waals surface area contributed by atoms with E-state index in [0.717, 1.165) is 25.9 Å². The van der Waals surface area contributed by atoms with Gasteiger partial charge in [-0.2, -0.15) is 0 Å². The first-order valence-electron chi connectivity index (χ1n) is 5.49. The first kappa shape index (κ1) is 15.6. The maximum atomic E-state index is 10.2. The van der Waals surface area contributed by atoms with Gasteiger partial charge >= 0.3 is 5.97 Å². The van der Waals surface area contributed by atoms with Gasteiger partial charge in [0.25, 0.3) is 0 Å². The fourth-order valence-corrected chi connectivity index (χ4v) is 1.07. The molecule has 6 N–H and O–H groups in total. The van der Waals surface area contributed by atoms with Crippen LogP contribution >= 0.6 is 0 Å². The Hall–Kier alpha value is -1.43. The van der Waals surface area contributed by atoms with Crippen molar-refractivity contribution in [3.8, 4) is 0 Å². The number of hydrogen-bond acceptors (Lipinski definition) is 4. The summed E-state index contributed by atoms with van der Waals surface area (Å²) in [5.74, 6) is -1.23. The van der Waals surface area contributed by atoms with Crippen LogP contribution in [0.2, 0.25) is 0 Å². The molecule has 0 radical (unpaired) electrons. The zero-order valence-electron chi connectivity index (χ0n) is 9.75. The van der Waals surface area contributed by atoms with Gasteiger partial charge in [-0.05, 0) is 31.5 Å². The lowest BCUT2D eigenvalue weighted by Gasteiger charge is -2.03. The van der Waals surface area contributed by atoms with Crippen molar-refractivity contribution in [3.63, 3.8) is 0 Å². The standard InChI is InChI=1S/C8H8O3.C4H12N2/c9-7(8(10)11)6-4-2-1-3-5-6;5-3-1-2-4-6/h1-5,7,9H,(H,10,11);1-6H2. The number of rotatable bonds is 5. The largest absolute Gasteiger partial charge is 0.479 e. The van der Waals surface area contributed by atoms with Crippen molar-refractivity contribution >= 4 is 5.97 Å². The molecule has 0 fully saturated rings. The molecule has 1 unspecified atom stereocenters. The average Bonchev–Trinajstić information content (AvgIpc) is 2.37. The molecule has 0 aliphatic heterocycles. The van der Waals surface area contributed by atoms with Crippen molar-refractivity contribution in [2.75, 3.05) is 13.1 Å². The lowest BCUT2D eigenvalue weighted by molar-refractivity contribution is -0.146. The smallest absolute Gasteiger partial charge is 0.337 e. The van der Waals surface area contributed by atoms with Crippen molar-refractivity contribution in [2.24, 2.45) is 11.5 Å². The Morgan fingerprint density at radius 3 is 1.94 bits per heavy atom. The van der Waals surface area contributed by atoms with Gasteiger partial charge in [-0.25, -0.2) is 4.79 Å². The van der Waals surface area contributed by atoms with Gasteiger partial charge in [0.2, 0.25) is 0 Å². The summed E-state index contributed by atoms with van der Waals surface area (Å²) in [6.45, 7) is 1.55. The van der Waals surface area contributed by atoms with Crippen molar-refractivity contribution in [3.05, 3.63) is 35.9 Å². The molecule has 0 saturated heterocycles. The minimum Gasteiger partial charge on any atom is -0.479 e. The number of unbranched alkanes of at least 4 members (excludes halogenated alkanes) is 1. The highest BCUT2D eigenvalue weighted by atomic mass is 16.4. The molecule has 0 aliphatic rings. The van der Waals surface area contributed by atoms with Gasteiger partial charge in [-0.3, -0.25) is 0 Å². The first-order valence-corrected chi connectivity index (χ1v) is 5.49. The van der Waals surface area contributed by atoms with Crippen molar-refractivity contribution < 1.29 is 15.0 Å². The highest BCUT2D eigenvalue weighted by Crippen LogP contribution is 2.10. The van der Waals surface area contributed by atoms with Gasteiger partial charge in [0.05, 0.1) is 0 Å². The molecule has 0 bridgehead atoms. The van der Waals surface area contributed by atoms with Crippen LogP contribution in [0.5, 0.6) is 0 Å². The molecule has 1 rings (SSSR count). The number of carboxylic acids is 1. The molecule has 0 saturated carbocycles. The van der Waals surface area contributed by atoms with Crippen LogP contribution in [0, 0.1) is 0 Å². The molecule has 1 aromatic rings. The molecule has 0 aliphatic carbocycles. The number of carboxylic acid groups (broad SMARTS) is 1. The molecule has 5 heteroatoms. The molecular weight excluding hydrogens is 220 g/mol. The Morgan fingerprint density at radius 2 is 1.59 bits per heavy atom. The van der Waals surface area contributed by atoms with E-state index in [4.69, 9.17) is 21.7 Å². The monoisotopic (exact) mass is 240 g/mol. The van der Waals surface area contributed by atoms with E-state index in [1.807, 2.05) is 0 Å². The predicted molar refractivity (Wildman–Crippen MR) is 66.4 cm³/mol. The van der Waals surface area contributed by atoms with E-state index in [-0.39, 0.29) is 0 Å². The molecule has 0 spiro atoms. The SMILES string of the molecule is NCCCCN.O=C(O)C(O)c1ccccc1. The summed E-state index contributed by atoms with van der Waals surface area (Å²) in [4.78, 5) is 10.2. The van der Waals surface area contributed by atoms with Gasteiger partial charge < -0.3 is 21.7 Å². The highest BCUT2D eigenvalue weighted by Gasteiger charge is 2.14. The van der Waals surface area contributed by atoms with E-state index in [1.165, 1.54) is 0 Å². The first-order chi connectivity index (χ1) is 8.13. The predicted octanol–water partition coefficient (Wildman–Crippen LogP) is 0.489. The van der Waals surface area contributed by atoms with E-state index in [9.17, 15) is 4.79 Å². The molecule has 1 atom stereocenters. The average molecular weight is 240 g/mol. The number of aliphatic hydroxyl groups excluding tert-OH is 1. The van der Waals surface area contributed by atoms with Crippen LogP contribution in [0.1, 0.15) is 24.5 Å². The third-order valence-electron chi connectivity index (χ3n) is 2.01. The molecule has 0 amide bonds. The van der Waals surface area contributed by atoms with Gasteiger partial charge in [-0.15, -0.1) is 0 Å². The van der Waals surface area contributed by atoms with Crippen LogP contribution in [0.4, 0.5) is 0 Å². The topological polar surface area (TPSA) is 110 Å². The Morgan fingerprint density at radius 1 is 1.12 bits per heavy atom. The molecular formula is C12H20N2O3. The summed E-state index contributed by atoms with van der Waals surface area (Å²) in [7, 11) is 0. The maximum absolute atomic E-state index is 10.2. The molecule has 1 aromatic carbocycles. The normalized spacial score (nSPS) is 11.2.